The molecule has 2 aromatic heterocycles. The fraction of sp³-hybridized carbons (Fsp3) is 0.115. The van der Waals surface area contributed by atoms with Gasteiger partial charge in [0.2, 0.25) is 5.91 Å². The second-order valence-electron chi connectivity index (χ2n) is 7.91. The van der Waals surface area contributed by atoms with Crippen molar-refractivity contribution in [3.63, 3.8) is 0 Å². The lowest BCUT2D eigenvalue weighted by Crippen LogP contribution is -2.26. The summed E-state index contributed by atoms with van der Waals surface area (Å²) in [5, 5.41) is 4.13. The molecule has 0 aliphatic heterocycles. The molecule has 5 aromatic rings. The number of rotatable bonds is 6. The van der Waals surface area contributed by atoms with E-state index in [0.717, 1.165) is 27.7 Å². The number of fused-ring (bicyclic) bond motifs is 3. The number of amides is 1. The number of carbonyl (C=O) groups excluding carboxylic acids is 1. The summed E-state index contributed by atoms with van der Waals surface area (Å²) in [5.74, 6) is -0.453. The van der Waals surface area contributed by atoms with Crippen LogP contribution in [0, 0.1) is 12.7 Å². The average Bonchev–Trinajstić information content (AvgIpc) is 3.22. The number of para-hydroxylation sites is 2. The van der Waals surface area contributed by atoms with Gasteiger partial charge >= 0.3 is 0 Å². The van der Waals surface area contributed by atoms with Crippen molar-refractivity contribution in [3.05, 3.63) is 100 Å². The summed E-state index contributed by atoms with van der Waals surface area (Å²) in [4.78, 5) is 34.2. The van der Waals surface area contributed by atoms with Gasteiger partial charge in [-0.1, -0.05) is 60.3 Å². The van der Waals surface area contributed by atoms with Crippen LogP contribution in [0.3, 0.4) is 0 Å². The largest absolute Gasteiger partial charge is 0.351 e. The number of nitrogens with one attached hydrogen (secondary N) is 2. The maximum absolute atomic E-state index is 13.6. The number of hydrogen-bond acceptors (Lipinski definition) is 4. The molecule has 0 unspecified atom stereocenters. The summed E-state index contributed by atoms with van der Waals surface area (Å²) in [6, 6.07) is 21.2. The molecule has 34 heavy (non-hydrogen) atoms. The highest BCUT2D eigenvalue weighted by Gasteiger charge is 2.19. The molecule has 1 amide bonds. The summed E-state index contributed by atoms with van der Waals surface area (Å²) in [6.07, 6.45) is 0. The molecule has 0 saturated carbocycles. The summed E-state index contributed by atoms with van der Waals surface area (Å²) in [7, 11) is 0. The Morgan fingerprint density at radius 2 is 1.79 bits per heavy atom. The lowest BCUT2D eigenvalue weighted by molar-refractivity contribution is -0.118. The van der Waals surface area contributed by atoms with Gasteiger partial charge in [-0.15, -0.1) is 0 Å². The molecule has 8 heteroatoms. The third-order valence-electron chi connectivity index (χ3n) is 5.59. The molecule has 0 aliphatic rings. The van der Waals surface area contributed by atoms with Crippen molar-refractivity contribution in [2.24, 2.45) is 0 Å². The van der Waals surface area contributed by atoms with E-state index in [9.17, 15) is 14.0 Å². The molecule has 0 bridgehead atoms. The molecule has 0 radical (unpaired) electrons. The highest BCUT2D eigenvalue weighted by Crippen LogP contribution is 2.27. The molecule has 0 aliphatic carbocycles. The molecule has 6 nitrogen and oxygen atoms in total. The zero-order valence-electron chi connectivity index (χ0n) is 18.3. The first-order valence-corrected chi connectivity index (χ1v) is 11.7. The topological polar surface area (TPSA) is 79.8 Å². The number of aromatic amines is 1. The first kappa shape index (κ1) is 21.9. The number of carbonyl (C=O) groups is 1. The Morgan fingerprint density at radius 1 is 1.06 bits per heavy atom. The second-order valence-corrected chi connectivity index (χ2v) is 8.85. The van der Waals surface area contributed by atoms with E-state index in [4.69, 9.17) is 4.98 Å². The van der Waals surface area contributed by atoms with E-state index in [2.05, 4.69) is 10.3 Å². The van der Waals surface area contributed by atoms with Crippen molar-refractivity contribution in [1.82, 2.24) is 19.9 Å². The van der Waals surface area contributed by atoms with Crippen molar-refractivity contribution in [2.45, 2.75) is 18.6 Å². The van der Waals surface area contributed by atoms with Crippen molar-refractivity contribution in [1.29, 1.82) is 0 Å². The van der Waals surface area contributed by atoms with Gasteiger partial charge in [-0.05, 0) is 42.3 Å². The predicted octanol–water partition coefficient (Wildman–Crippen LogP) is 4.72. The van der Waals surface area contributed by atoms with Gasteiger partial charge in [0.05, 0.1) is 11.4 Å². The van der Waals surface area contributed by atoms with E-state index >= 15 is 0 Å². The Hall–Kier alpha value is -3.91. The molecule has 3 aromatic carbocycles. The van der Waals surface area contributed by atoms with Gasteiger partial charge in [-0.3, -0.25) is 14.2 Å². The first-order valence-electron chi connectivity index (χ1n) is 10.7. The average molecular weight is 473 g/mol. The van der Waals surface area contributed by atoms with Crippen LogP contribution >= 0.6 is 11.8 Å². The smallest absolute Gasteiger partial charge is 0.283 e. The monoisotopic (exact) mass is 472 g/mol. The Balaban J connectivity index is 1.49. The summed E-state index contributed by atoms with van der Waals surface area (Å²) >= 11 is 1.20. The SMILES string of the molecule is Cc1ccccc1-n1c(SCC(=O)NCc2ccc(F)cc2)nc2c([nH]c3ccccc32)c1=O. The van der Waals surface area contributed by atoms with Gasteiger partial charge < -0.3 is 10.3 Å². The van der Waals surface area contributed by atoms with Gasteiger partial charge in [-0.25, -0.2) is 9.37 Å². The number of H-pyrrole nitrogens is 1. The quantitative estimate of drug-likeness (QED) is 0.277. The van der Waals surface area contributed by atoms with Crippen LogP contribution in [0.5, 0.6) is 0 Å². The van der Waals surface area contributed by atoms with Gasteiger partial charge in [0, 0.05) is 17.4 Å². The first-order chi connectivity index (χ1) is 16.5. The maximum atomic E-state index is 13.6. The third-order valence-corrected chi connectivity index (χ3v) is 6.52. The maximum Gasteiger partial charge on any atom is 0.283 e. The highest BCUT2D eigenvalue weighted by molar-refractivity contribution is 7.99. The molecule has 0 atom stereocenters. The minimum absolute atomic E-state index is 0.0768. The number of nitrogens with zero attached hydrogens (tertiary/aromatic N) is 2. The standard InChI is InChI=1S/C26H21FN4O2S/c1-16-6-2-5-9-21(16)31-25(33)24-23(19-7-3-4-8-20(19)29-24)30-26(31)34-15-22(32)28-14-17-10-12-18(27)13-11-17/h2-13,29H,14-15H2,1H3,(H,28,32). The lowest BCUT2D eigenvalue weighted by Gasteiger charge is -2.14. The Bertz CT molecular complexity index is 1570. The van der Waals surface area contributed by atoms with Crippen LogP contribution in [0.2, 0.25) is 0 Å². The molecule has 0 fully saturated rings. The predicted molar refractivity (Wildman–Crippen MR) is 133 cm³/mol. The molecule has 5 rings (SSSR count). The van der Waals surface area contributed by atoms with Crippen LogP contribution in [0.1, 0.15) is 11.1 Å². The summed E-state index contributed by atoms with van der Waals surface area (Å²) < 4.78 is 14.7. The number of hydrogen-bond donors (Lipinski definition) is 2. The van der Waals surface area contributed by atoms with Crippen LogP contribution in [0.15, 0.2) is 82.7 Å². The number of halogens is 1. The second kappa shape index (κ2) is 9.15. The van der Waals surface area contributed by atoms with Crippen LogP contribution in [0.25, 0.3) is 27.6 Å². The number of aryl methyl sites for hydroxylation is 1. The molecule has 2 N–H and O–H groups in total. The van der Waals surface area contributed by atoms with E-state index in [-0.39, 0.29) is 23.0 Å². The zero-order valence-corrected chi connectivity index (χ0v) is 19.2. The third kappa shape index (κ3) is 4.20. The molecule has 0 spiro atoms. The minimum Gasteiger partial charge on any atom is -0.351 e. The molecule has 170 valence electrons. The highest BCUT2D eigenvalue weighted by atomic mass is 32.2. The van der Waals surface area contributed by atoms with Crippen molar-refractivity contribution in [3.8, 4) is 5.69 Å². The molecule has 2 heterocycles. The molecular weight excluding hydrogens is 451 g/mol. The summed E-state index contributed by atoms with van der Waals surface area (Å²) in [5.41, 5.74) is 4.06. The van der Waals surface area contributed by atoms with E-state index in [0.29, 0.717) is 22.7 Å². The van der Waals surface area contributed by atoms with Crippen LogP contribution in [0.4, 0.5) is 4.39 Å². The zero-order chi connectivity index (χ0) is 23.7. The fourth-order valence-corrected chi connectivity index (χ4v) is 4.68. The van der Waals surface area contributed by atoms with Crippen LogP contribution in [-0.4, -0.2) is 26.2 Å². The molecule has 0 saturated heterocycles. The van der Waals surface area contributed by atoms with Gasteiger partial charge in [0.15, 0.2) is 5.16 Å². The summed E-state index contributed by atoms with van der Waals surface area (Å²) in [6.45, 7) is 2.22. The van der Waals surface area contributed by atoms with Gasteiger partial charge in [-0.2, -0.15) is 0 Å². The normalized spacial score (nSPS) is 11.2. The van der Waals surface area contributed by atoms with Gasteiger partial charge in [0.25, 0.3) is 5.56 Å². The van der Waals surface area contributed by atoms with E-state index in [1.165, 1.54) is 23.9 Å². The fourth-order valence-electron chi connectivity index (χ4n) is 3.85. The number of thioether (sulfide) groups is 1. The van der Waals surface area contributed by atoms with Gasteiger partial charge in [0.1, 0.15) is 16.9 Å². The van der Waals surface area contributed by atoms with E-state index < -0.39 is 0 Å². The minimum atomic E-state index is -0.321. The Morgan fingerprint density at radius 3 is 2.59 bits per heavy atom. The van der Waals surface area contributed by atoms with Crippen molar-refractivity contribution >= 4 is 39.6 Å². The Kier molecular flexibility index (Phi) is 5.90. The number of benzene rings is 3. The Labute approximate surface area is 198 Å². The van der Waals surface area contributed by atoms with E-state index in [1.807, 2.05) is 55.5 Å². The van der Waals surface area contributed by atoms with Crippen LogP contribution < -0.4 is 10.9 Å². The van der Waals surface area contributed by atoms with Crippen molar-refractivity contribution in [2.75, 3.05) is 5.75 Å². The van der Waals surface area contributed by atoms with Crippen LogP contribution in [-0.2, 0) is 11.3 Å². The lowest BCUT2D eigenvalue weighted by atomic mass is 10.2. The number of aromatic nitrogens is 3. The molecular formula is C26H21FN4O2S. The van der Waals surface area contributed by atoms with Crippen molar-refractivity contribution < 1.29 is 9.18 Å². The van der Waals surface area contributed by atoms with E-state index in [1.54, 1.807) is 16.7 Å².